The average Bonchev–Trinajstić information content (AvgIpc) is 2.96. The highest BCUT2D eigenvalue weighted by atomic mass is 35.5. The van der Waals surface area contributed by atoms with E-state index >= 15 is 0 Å². The number of carbonyl (C=O) groups is 3. The zero-order chi connectivity index (χ0) is 22.4. The van der Waals surface area contributed by atoms with Crippen LogP contribution in [0.3, 0.4) is 0 Å². The summed E-state index contributed by atoms with van der Waals surface area (Å²) in [6.07, 6.45) is 7.36. The number of halogens is 1. The SMILES string of the molecule is CN1/C(=N/NC(=O)C(=O)C(NC(=O)C2CCCCCC2)C2CCOCC2)SCC1(C)C.Cl. The number of hydrogen-bond donors (Lipinski definition) is 2. The zero-order valence-corrected chi connectivity index (χ0v) is 21.0. The maximum Gasteiger partial charge on any atom is 0.309 e. The molecule has 3 fully saturated rings. The Morgan fingerprint density at radius 3 is 2.28 bits per heavy atom. The summed E-state index contributed by atoms with van der Waals surface area (Å²) in [5, 5.41) is 7.80. The van der Waals surface area contributed by atoms with Crippen LogP contribution in [0.25, 0.3) is 0 Å². The van der Waals surface area contributed by atoms with Gasteiger partial charge in [0.2, 0.25) is 11.7 Å². The number of hydrazone groups is 1. The molecule has 3 aliphatic rings. The number of ether oxygens (including phenoxy) is 1. The Morgan fingerprint density at radius 2 is 1.72 bits per heavy atom. The maximum atomic E-state index is 13.1. The van der Waals surface area contributed by atoms with Crippen LogP contribution in [0, 0.1) is 11.8 Å². The first-order valence-corrected chi connectivity index (χ1v) is 12.4. The van der Waals surface area contributed by atoms with Crippen LogP contribution in [0.5, 0.6) is 0 Å². The molecule has 1 aliphatic carbocycles. The van der Waals surface area contributed by atoms with E-state index in [1.54, 1.807) is 11.8 Å². The van der Waals surface area contributed by atoms with Crippen molar-refractivity contribution in [3.05, 3.63) is 0 Å². The first-order chi connectivity index (χ1) is 14.8. The zero-order valence-electron chi connectivity index (χ0n) is 19.4. The Balaban J connectivity index is 0.00000363. The predicted octanol–water partition coefficient (Wildman–Crippen LogP) is 2.70. The summed E-state index contributed by atoms with van der Waals surface area (Å²) in [6, 6.07) is -0.828. The van der Waals surface area contributed by atoms with Gasteiger partial charge >= 0.3 is 5.91 Å². The van der Waals surface area contributed by atoms with Gasteiger partial charge in [0.15, 0.2) is 5.17 Å². The Hall–Kier alpha value is -1.32. The van der Waals surface area contributed by atoms with Gasteiger partial charge in [-0.15, -0.1) is 17.5 Å². The number of amides is 2. The fourth-order valence-corrected chi connectivity index (χ4v) is 5.58. The van der Waals surface area contributed by atoms with E-state index in [0.29, 0.717) is 31.2 Å². The number of nitrogens with one attached hydrogen (secondary N) is 2. The van der Waals surface area contributed by atoms with Gasteiger partial charge in [0.1, 0.15) is 6.04 Å². The number of rotatable bonds is 6. The average molecular weight is 489 g/mol. The van der Waals surface area contributed by atoms with Crippen LogP contribution in [0.15, 0.2) is 5.10 Å². The van der Waals surface area contributed by atoms with E-state index in [2.05, 4.69) is 29.7 Å². The lowest BCUT2D eigenvalue weighted by molar-refractivity contribution is -0.142. The van der Waals surface area contributed by atoms with Gasteiger partial charge in [-0.25, -0.2) is 5.43 Å². The molecule has 0 aromatic rings. The lowest BCUT2D eigenvalue weighted by atomic mass is 9.87. The van der Waals surface area contributed by atoms with Crippen molar-refractivity contribution < 1.29 is 19.1 Å². The third-order valence-corrected chi connectivity index (χ3v) is 8.24. The Morgan fingerprint density at radius 1 is 1.09 bits per heavy atom. The highest BCUT2D eigenvalue weighted by molar-refractivity contribution is 8.14. The molecule has 0 aromatic carbocycles. The molecule has 1 atom stereocenters. The quantitative estimate of drug-likeness (QED) is 0.339. The van der Waals surface area contributed by atoms with Crippen LogP contribution >= 0.6 is 24.2 Å². The fourth-order valence-electron chi connectivity index (χ4n) is 4.36. The van der Waals surface area contributed by atoms with Gasteiger partial charge < -0.3 is 15.0 Å². The monoisotopic (exact) mass is 488 g/mol. The Labute approximate surface area is 201 Å². The molecule has 0 aromatic heterocycles. The van der Waals surface area contributed by atoms with Crippen LogP contribution in [0.1, 0.15) is 65.2 Å². The number of ketones is 1. The van der Waals surface area contributed by atoms with Gasteiger partial charge in [-0.3, -0.25) is 14.4 Å². The van der Waals surface area contributed by atoms with Crippen molar-refractivity contribution in [3.63, 3.8) is 0 Å². The second-order valence-corrected chi connectivity index (χ2v) is 10.4. The van der Waals surface area contributed by atoms with Crippen molar-refractivity contribution in [2.24, 2.45) is 16.9 Å². The molecule has 2 heterocycles. The van der Waals surface area contributed by atoms with Crippen molar-refractivity contribution in [2.45, 2.75) is 76.8 Å². The van der Waals surface area contributed by atoms with Crippen molar-refractivity contribution in [1.82, 2.24) is 15.6 Å². The molecule has 32 heavy (non-hydrogen) atoms. The molecule has 0 bridgehead atoms. The van der Waals surface area contributed by atoms with Crippen molar-refractivity contribution in [1.29, 1.82) is 0 Å². The third-order valence-electron chi connectivity index (χ3n) is 6.77. The summed E-state index contributed by atoms with van der Waals surface area (Å²) >= 11 is 1.54. The van der Waals surface area contributed by atoms with Crippen molar-refractivity contribution in [3.8, 4) is 0 Å². The minimum absolute atomic E-state index is 0. The normalized spacial score (nSPS) is 24.3. The Kier molecular flexibility index (Phi) is 10.3. The predicted molar refractivity (Wildman–Crippen MR) is 129 cm³/mol. The first kappa shape index (κ1) is 26.9. The van der Waals surface area contributed by atoms with E-state index in [9.17, 15) is 14.4 Å². The molecule has 0 radical (unpaired) electrons. The van der Waals surface area contributed by atoms with Gasteiger partial charge in [-0.1, -0.05) is 37.4 Å². The fraction of sp³-hybridized carbons (Fsp3) is 0.818. The molecule has 8 nitrogen and oxygen atoms in total. The van der Waals surface area contributed by atoms with E-state index in [1.165, 1.54) is 0 Å². The summed E-state index contributed by atoms with van der Waals surface area (Å²) < 4.78 is 5.42. The highest BCUT2D eigenvalue weighted by Crippen LogP contribution is 2.30. The largest absolute Gasteiger partial charge is 0.381 e. The van der Waals surface area contributed by atoms with E-state index in [0.717, 1.165) is 44.3 Å². The molecule has 10 heteroatoms. The van der Waals surface area contributed by atoms with Crippen LogP contribution in [0.4, 0.5) is 0 Å². The van der Waals surface area contributed by atoms with Crippen LogP contribution < -0.4 is 10.7 Å². The van der Waals surface area contributed by atoms with Gasteiger partial charge in [-0.05, 0) is 45.4 Å². The second-order valence-electron chi connectivity index (χ2n) is 9.48. The third kappa shape index (κ3) is 6.84. The number of amidine groups is 1. The molecule has 2 aliphatic heterocycles. The minimum atomic E-state index is -0.828. The number of carbonyl (C=O) groups excluding carboxylic acids is 3. The molecular formula is C22H37ClN4O4S. The van der Waals surface area contributed by atoms with Gasteiger partial charge in [-0.2, -0.15) is 0 Å². The number of hydrogen-bond acceptors (Lipinski definition) is 6. The van der Waals surface area contributed by atoms with E-state index < -0.39 is 17.7 Å². The molecule has 2 N–H and O–H groups in total. The topological polar surface area (TPSA) is 100 Å². The number of nitrogens with zero attached hydrogens (tertiary/aromatic N) is 2. The lowest BCUT2D eigenvalue weighted by Gasteiger charge is -2.30. The van der Waals surface area contributed by atoms with E-state index in [-0.39, 0.29) is 35.7 Å². The van der Waals surface area contributed by atoms with Crippen LogP contribution in [-0.4, -0.2) is 65.3 Å². The summed E-state index contributed by atoms with van der Waals surface area (Å²) in [6.45, 7) is 5.27. The molecule has 3 rings (SSSR count). The maximum absolute atomic E-state index is 13.1. The standard InChI is InChI=1S/C22H36N4O4S.ClH/c1-22(2)14-31-21(26(22)3)25-24-20(29)18(27)17(15-10-12-30-13-11-15)23-19(28)16-8-6-4-5-7-9-16;/h15-17H,4-14H2,1-3H3,(H,23,28)(H,24,29);1H/b25-21-;. The smallest absolute Gasteiger partial charge is 0.309 e. The van der Waals surface area contributed by atoms with Crippen molar-refractivity contribution in [2.75, 3.05) is 26.0 Å². The Bertz CT molecular complexity index is 704. The molecule has 182 valence electrons. The van der Waals surface area contributed by atoms with Crippen LogP contribution in [0.2, 0.25) is 0 Å². The summed E-state index contributed by atoms with van der Waals surface area (Å²) in [5.41, 5.74) is 2.37. The van der Waals surface area contributed by atoms with Crippen molar-refractivity contribution >= 4 is 46.9 Å². The molecule has 0 spiro atoms. The number of Topliss-reactive ketones (excluding diaryl/α,β-unsaturated/α-hetero) is 1. The summed E-state index contributed by atoms with van der Waals surface area (Å²) in [4.78, 5) is 40.7. The minimum Gasteiger partial charge on any atom is -0.381 e. The van der Waals surface area contributed by atoms with Gasteiger partial charge in [0, 0.05) is 37.5 Å². The molecular weight excluding hydrogens is 452 g/mol. The first-order valence-electron chi connectivity index (χ1n) is 11.5. The highest BCUT2D eigenvalue weighted by Gasteiger charge is 2.37. The molecule has 2 amide bonds. The molecule has 2 saturated heterocycles. The number of thioether (sulfide) groups is 1. The summed E-state index contributed by atoms with van der Waals surface area (Å²) in [7, 11) is 1.92. The van der Waals surface area contributed by atoms with E-state index in [4.69, 9.17) is 4.74 Å². The summed E-state index contributed by atoms with van der Waals surface area (Å²) in [5.74, 6) is -0.817. The molecule has 1 unspecified atom stereocenters. The van der Waals surface area contributed by atoms with Gasteiger partial charge in [0.05, 0.1) is 0 Å². The second kappa shape index (κ2) is 12.2. The van der Waals surface area contributed by atoms with Crippen LogP contribution in [-0.2, 0) is 19.1 Å². The lowest BCUT2D eigenvalue weighted by Crippen LogP contribution is -2.53. The molecule has 1 saturated carbocycles. The van der Waals surface area contributed by atoms with E-state index in [1.807, 2.05) is 11.9 Å². The van der Waals surface area contributed by atoms with Gasteiger partial charge in [0.25, 0.3) is 0 Å².